The van der Waals surface area contributed by atoms with Gasteiger partial charge in [-0.2, -0.15) is 0 Å². The van der Waals surface area contributed by atoms with Gasteiger partial charge >= 0.3 is 0 Å². The summed E-state index contributed by atoms with van der Waals surface area (Å²) in [6, 6.07) is 7.86. The van der Waals surface area contributed by atoms with Crippen molar-refractivity contribution in [2.75, 3.05) is 12.4 Å². The topological polar surface area (TPSA) is 91.9 Å². The van der Waals surface area contributed by atoms with Gasteiger partial charge < -0.3 is 15.4 Å². The van der Waals surface area contributed by atoms with E-state index in [1.807, 2.05) is 31.2 Å². The summed E-state index contributed by atoms with van der Waals surface area (Å²) in [4.78, 5) is 16.9. The number of nitrogens with zero attached hydrogens (tertiary/aromatic N) is 2. The molecule has 1 aliphatic heterocycles. The van der Waals surface area contributed by atoms with Crippen molar-refractivity contribution in [3.05, 3.63) is 24.3 Å². The Morgan fingerprint density at radius 3 is 2.48 bits per heavy atom. The number of ether oxygens (including phenoxy) is 1. The number of piperidine rings is 1. The van der Waals surface area contributed by atoms with Gasteiger partial charge in [-0.3, -0.25) is 9.89 Å². The molecular formula is C21H31N5O2S. The van der Waals surface area contributed by atoms with Gasteiger partial charge in [0.15, 0.2) is 5.82 Å². The van der Waals surface area contributed by atoms with Crippen LogP contribution in [0.4, 0.5) is 0 Å². The predicted octanol–water partition coefficient (Wildman–Crippen LogP) is 3.39. The van der Waals surface area contributed by atoms with Gasteiger partial charge in [0, 0.05) is 22.7 Å². The minimum Gasteiger partial charge on any atom is -0.494 e. The summed E-state index contributed by atoms with van der Waals surface area (Å²) in [6.45, 7) is 11.3. The van der Waals surface area contributed by atoms with Gasteiger partial charge in [0.2, 0.25) is 11.1 Å². The molecular weight excluding hydrogens is 386 g/mol. The quantitative estimate of drug-likeness (QED) is 0.598. The molecule has 0 spiro atoms. The summed E-state index contributed by atoms with van der Waals surface area (Å²) in [5, 5.41) is 14.5. The minimum absolute atomic E-state index is 0.00318. The molecule has 3 rings (SSSR count). The number of aromatic amines is 1. The molecule has 7 nitrogen and oxygen atoms in total. The van der Waals surface area contributed by atoms with Crippen molar-refractivity contribution in [1.29, 1.82) is 0 Å². The maximum atomic E-state index is 12.5. The van der Waals surface area contributed by atoms with Gasteiger partial charge in [0.05, 0.1) is 12.4 Å². The molecule has 0 bridgehead atoms. The maximum Gasteiger partial charge on any atom is 0.230 e. The second kappa shape index (κ2) is 8.75. The van der Waals surface area contributed by atoms with Gasteiger partial charge in [0.1, 0.15) is 5.75 Å². The van der Waals surface area contributed by atoms with E-state index in [1.165, 1.54) is 11.8 Å². The number of carbonyl (C=O) groups is 1. The zero-order chi connectivity index (χ0) is 21.1. The molecule has 29 heavy (non-hydrogen) atoms. The summed E-state index contributed by atoms with van der Waals surface area (Å²) >= 11 is 1.34. The van der Waals surface area contributed by atoms with Crippen LogP contribution < -0.4 is 15.4 Å². The van der Waals surface area contributed by atoms with Crippen LogP contribution in [-0.4, -0.2) is 50.6 Å². The minimum atomic E-state index is 0.00318. The van der Waals surface area contributed by atoms with E-state index >= 15 is 0 Å². The van der Waals surface area contributed by atoms with Crippen LogP contribution in [0.5, 0.6) is 5.75 Å². The van der Waals surface area contributed by atoms with Gasteiger partial charge in [-0.1, -0.05) is 11.8 Å². The molecule has 158 valence electrons. The second-order valence-corrected chi connectivity index (χ2v) is 9.72. The first-order valence-corrected chi connectivity index (χ1v) is 11.0. The largest absolute Gasteiger partial charge is 0.494 e. The number of thioether (sulfide) groups is 1. The van der Waals surface area contributed by atoms with Gasteiger partial charge in [-0.05, 0) is 71.7 Å². The number of rotatable bonds is 7. The van der Waals surface area contributed by atoms with Crippen molar-refractivity contribution in [3.8, 4) is 17.1 Å². The normalized spacial score (nSPS) is 18.4. The van der Waals surface area contributed by atoms with E-state index in [0.717, 1.165) is 24.2 Å². The SMILES string of the molecule is CCOc1ccc(-c2nc(SCC(=O)NC3CC(C)(C)NC(C)(C)C3)n[nH]2)cc1. The highest BCUT2D eigenvalue weighted by Crippen LogP contribution is 2.28. The highest BCUT2D eigenvalue weighted by Gasteiger charge is 2.38. The van der Waals surface area contributed by atoms with Crippen molar-refractivity contribution in [1.82, 2.24) is 25.8 Å². The van der Waals surface area contributed by atoms with E-state index < -0.39 is 0 Å². The summed E-state index contributed by atoms with van der Waals surface area (Å²) in [7, 11) is 0. The predicted molar refractivity (Wildman–Crippen MR) is 116 cm³/mol. The van der Waals surface area contributed by atoms with Gasteiger partial charge in [-0.15, -0.1) is 5.10 Å². The Balaban J connectivity index is 1.52. The highest BCUT2D eigenvalue weighted by molar-refractivity contribution is 7.99. The number of hydrogen-bond acceptors (Lipinski definition) is 6. The summed E-state index contributed by atoms with van der Waals surface area (Å²) in [5.41, 5.74) is 0.934. The second-order valence-electron chi connectivity index (χ2n) is 8.78. The van der Waals surface area contributed by atoms with Gasteiger partial charge in [-0.25, -0.2) is 4.98 Å². The zero-order valence-corrected chi connectivity index (χ0v) is 18.7. The number of aromatic nitrogens is 3. The van der Waals surface area contributed by atoms with E-state index in [0.29, 0.717) is 23.3 Å². The highest BCUT2D eigenvalue weighted by atomic mass is 32.2. The van der Waals surface area contributed by atoms with Crippen LogP contribution in [0.2, 0.25) is 0 Å². The maximum absolute atomic E-state index is 12.5. The van der Waals surface area contributed by atoms with E-state index in [9.17, 15) is 4.79 Å². The van der Waals surface area contributed by atoms with E-state index in [4.69, 9.17) is 4.74 Å². The third-order valence-corrected chi connectivity index (χ3v) is 5.64. The third kappa shape index (κ3) is 6.21. The summed E-state index contributed by atoms with van der Waals surface area (Å²) in [6.07, 6.45) is 1.82. The molecule has 1 saturated heterocycles. The molecule has 1 aromatic heterocycles. The molecule has 1 fully saturated rings. The Bertz CT molecular complexity index is 816. The smallest absolute Gasteiger partial charge is 0.230 e. The Labute approximate surface area is 176 Å². The summed E-state index contributed by atoms with van der Waals surface area (Å²) < 4.78 is 5.46. The van der Waals surface area contributed by atoms with E-state index in [2.05, 4.69) is 53.5 Å². The molecule has 1 aromatic carbocycles. The molecule has 2 heterocycles. The average Bonchev–Trinajstić information content (AvgIpc) is 3.07. The van der Waals surface area contributed by atoms with Crippen LogP contribution in [0.25, 0.3) is 11.4 Å². The number of nitrogens with one attached hydrogen (secondary N) is 3. The van der Waals surface area contributed by atoms with Crippen molar-refractivity contribution in [2.24, 2.45) is 0 Å². The van der Waals surface area contributed by atoms with Crippen LogP contribution in [-0.2, 0) is 4.79 Å². The van der Waals surface area contributed by atoms with E-state index in [1.54, 1.807) is 0 Å². The lowest BCUT2D eigenvalue weighted by Gasteiger charge is -2.46. The fourth-order valence-corrected chi connectivity index (χ4v) is 4.75. The van der Waals surface area contributed by atoms with Gasteiger partial charge in [0.25, 0.3) is 0 Å². The molecule has 3 N–H and O–H groups in total. The van der Waals surface area contributed by atoms with Crippen LogP contribution in [0.1, 0.15) is 47.5 Å². The molecule has 0 radical (unpaired) electrons. The molecule has 8 heteroatoms. The standard InChI is InChI=1S/C21H31N5O2S/c1-6-28-16-9-7-14(8-10-16)18-23-19(25-24-18)29-13-17(27)22-15-11-20(2,3)26-21(4,5)12-15/h7-10,15,26H,6,11-13H2,1-5H3,(H,22,27)(H,23,24,25). The van der Waals surface area contributed by atoms with Crippen molar-refractivity contribution < 1.29 is 9.53 Å². The molecule has 0 aliphatic carbocycles. The molecule has 0 unspecified atom stereocenters. The van der Waals surface area contributed by atoms with Crippen LogP contribution in [0.3, 0.4) is 0 Å². The molecule has 0 saturated carbocycles. The lowest BCUT2D eigenvalue weighted by Crippen LogP contribution is -2.62. The number of H-pyrrole nitrogens is 1. The molecule has 1 amide bonds. The molecule has 1 aliphatic rings. The van der Waals surface area contributed by atoms with Crippen molar-refractivity contribution in [3.63, 3.8) is 0 Å². The first-order valence-electron chi connectivity index (χ1n) is 10.0. The number of amides is 1. The Morgan fingerprint density at radius 2 is 1.86 bits per heavy atom. The Kier molecular flexibility index (Phi) is 6.53. The first-order chi connectivity index (χ1) is 13.7. The first kappa shape index (κ1) is 21.6. The lowest BCUT2D eigenvalue weighted by atomic mass is 9.79. The molecule has 0 atom stereocenters. The number of hydrogen-bond donors (Lipinski definition) is 3. The molecule has 2 aromatic rings. The Hall–Kier alpha value is -2.06. The third-order valence-electron chi connectivity index (χ3n) is 4.79. The Morgan fingerprint density at radius 1 is 1.21 bits per heavy atom. The van der Waals surface area contributed by atoms with Crippen LogP contribution >= 0.6 is 11.8 Å². The fourth-order valence-electron chi connectivity index (χ4n) is 4.14. The number of benzene rings is 1. The monoisotopic (exact) mass is 417 g/mol. The average molecular weight is 418 g/mol. The van der Waals surface area contributed by atoms with Crippen molar-refractivity contribution in [2.45, 2.75) is 69.7 Å². The zero-order valence-electron chi connectivity index (χ0n) is 17.8. The van der Waals surface area contributed by atoms with Crippen LogP contribution in [0, 0.1) is 0 Å². The van der Waals surface area contributed by atoms with Crippen LogP contribution in [0.15, 0.2) is 29.4 Å². The summed E-state index contributed by atoms with van der Waals surface area (Å²) in [5.74, 6) is 1.82. The van der Waals surface area contributed by atoms with E-state index in [-0.39, 0.29) is 23.0 Å². The van der Waals surface area contributed by atoms with Crippen molar-refractivity contribution >= 4 is 17.7 Å². The number of carbonyl (C=O) groups excluding carboxylic acids is 1. The fraction of sp³-hybridized carbons (Fsp3) is 0.571. The lowest BCUT2D eigenvalue weighted by molar-refractivity contribution is -0.119.